The van der Waals surface area contributed by atoms with Crippen LogP contribution < -0.4 is 10.6 Å². The van der Waals surface area contributed by atoms with Crippen LogP contribution in [0.1, 0.15) is 94.9 Å². The van der Waals surface area contributed by atoms with Gasteiger partial charge in [0.2, 0.25) is 0 Å². The van der Waals surface area contributed by atoms with Crippen molar-refractivity contribution in [2.45, 2.75) is 128 Å². The standard InChI is InChI=1S/C16H28BNO4.C10H15NO2/c1-13(2,3)20-12(19)18-16(8-9-16)10-11-17-21-14(4,5)15(6,7)22-17;1-5-10(6-7-10)11-8(12)13-9(2,3)4/h10-11H,8-9H2,1-7H3,(H,18,19);1H,6-7H2,2-4H3,(H,11,12)/b11-10+;. The summed E-state index contributed by atoms with van der Waals surface area (Å²) in [4.78, 5) is 23.1. The number of rotatable bonds is 4. The summed E-state index contributed by atoms with van der Waals surface area (Å²) in [5.74, 6) is 4.45. The van der Waals surface area contributed by atoms with Crippen molar-refractivity contribution in [2.24, 2.45) is 0 Å². The van der Waals surface area contributed by atoms with Gasteiger partial charge in [0.1, 0.15) is 16.7 Å². The van der Waals surface area contributed by atoms with Crippen LogP contribution in [0.3, 0.4) is 0 Å². The molecule has 1 saturated heterocycles. The van der Waals surface area contributed by atoms with E-state index in [1.165, 1.54) is 0 Å². The van der Waals surface area contributed by atoms with Gasteiger partial charge in [0.25, 0.3) is 0 Å². The molecule has 1 aliphatic heterocycles. The van der Waals surface area contributed by atoms with Gasteiger partial charge in [0.05, 0.1) is 16.7 Å². The molecular formula is C26H43BN2O6. The summed E-state index contributed by atoms with van der Waals surface area (Å²) in [6.45, 7) is 19.1. The second-order valence-electron chi connectivity index (χ2n) is 12.6. The number of terminal acetylenes is 1. The van der Waals surface area contributed by atoms with Crippen LogP contribution >= 0.6 is 0 Å². The molecule has 0 unspecified atom stereocenters. The third-order valence-corrected chi connectivity index (χ3v) is 6.15. The van der Waals surface area contributed by atoms with E-state index in [1.54, 1.807) is 0 Å². The molecule has 0 spiro atoms. The number of amides is 2. The van der Waals surface area contributed by atoms with E-state index in [9.17, 15) is 9.59 Å². The highest BCUT2D eigenvalue weighted by molar-refractivity contribution is 6.51. The summed E-state index contributed by atoms with van der Waals surface area (Å²) in [5.41, 5.74) is -2.38. The average molecular weight is 490 g/mol. The predicted molar refractivity (Wildman–Crippen MR) is 137 cm³/mol. The van der Waals surface area contributed by atoms with E-state index in [1.807, 2.05) is 81.3 Å². The third-order valence-electron chi connectivity index (χ3n) is 6.15. The van der Waals surface area contributed by atoms with E-state index < -0.39 is 22.8 Å². The van der Waals surface area contributed by atoms with Crippen molar-refractivity contribution in [3.05, 3.63) is 12.1 Å². The van der Waals surface area contributed by atoms with Crippen molar-refractivity contribution in [1.29, 1.82) is 0 Å². The molecule has 35 heavy (non-hydrogen) atoms. The molecule has 3 fully saturated rings. The summed E-state index contributed by atoms with van der Waals surface area (Å²) in [6, 6.07) is 0. The van der Waals surface area contributed by atoms with Crippen molar-refractivity contribution < 1.29 is 28.4 Å². The molecule has 196 valence electrons. The Hall–Kier alpha value is -2.18. The molecule has 0 bridgehead atoms. The van der Waals surface area contributed by atoms with Gasteiger partial charge in [-0.25, -0.2) is 9.59 Å². The van der Waals surface area contributed by atoms with Crippen molar-refractivity contribution in [3.8, 4) is 12.3 Å². The number of carbonyl (C=O) groups excluding carboxylic acids is 2. The van der Waals surface area contributed by atoms with Gasteiger partial charge in [0.15, 0.2) is 0 Å². The zero-order valence-electron chi connectivity index (χ0n) is 23.1. The van der Waals surface area contributed by atoms with E-state index in [0.29, 0.717) is 0 Å². The molecule has 0 radical (unpaired) electrons. The van der Waals surface area contributed by atoms with E-state index in [2.05, 4.69) is 16.6 Å². The van der Waals surface area contributed by atoms with Crippen molar-refractivity contribution in [3.63, 3.8) is 0 Å². The van der Waals surface area contributed by atoms with Crippen LogP contribution in [0.2, 0.25) is 0 Å². The van der Waals surface area contributed by atoms with E-state index in [0.717, 1.165) is 25.7 Å². The van der Waals surface area contributed by atoms with Gasteiger partial charge in [0, 0.05) is 0 Å². The summed E-state index contributed by atoms with van der Waals surface area (Å²) < 4.78 is 22.2. The van der Waals surface area contributed by atoms with Gasteiger partial charge in [-0.2, -0.15) is 0 Å². The van der Waals surface area contributed by atoms with Gasteiger partial charge in [-0.3, -0.25) is 0 Å². The fraction of sp³-hybridized carbons (Fsp3) is 0.769. The first-order chi connectivity index (χ1) is 15.7. The van der Waals surface area contributed by atoms with Crippen LogP contribution in [0.15, 0.2) is 12.1 Å². The lowest BCUT2D eigenvalue weighted by atomic mass is 9.88. The molecule has 8 nitrogen and oxygen atoms in total. The zero-order valence-corrected chi connectivity index (χ0v) is 23.1. The monoisotopic (exact) mass is 490 g/mol. The Morgan fingerprint density at radius 2 is 1.29 bits per heavy atom. The largest absolute Gasteiger partial charge is 0.486 e. The predicted octanol–water partition coefficient (Wildman–Crippen LogP) is 4.91. The molecule has 9 heteroatoms. The maximum absolute atomic E-state index is 11.9. The molecule has 2 aliphatic carbocycles. The quantitative estimate of drug-likeness (QED) is 0.430. The lowest BCUT2D eigenvalue weighted by Gasteiger charge is -2.32. The number of nitrogens with one attached hydrogen (secondary N) is 2. The Balaban J connectivity index is 0.000000283. The van der Waals surface area contributed by atoms with Crippen LogP contribution in [0.5, 0.6) is 0 Å². The Morgan fingerprint density at radius 3 is 1.63 bits per heavy atom. The smallest absolute Gasteiger partial charge is 0.444 e. The zero-order chi connectivity index (χ0) is 26.9. The molecule has 0 aromatic rings. The Kier molecular flexibility index (Phi) is 8.06. The molecule has 2 N–H and O–H groups in total. The molecule has 0 atom stereocenters. The number of ether oxygens (including phenoxy) is 2. The molecule has 1 heterocycles. The lowest BCUT2D eigenvalue weighted by molar-refractivity contribution is 0.00578. The number of alkyl carbamates (subject to hydrolysis) is 2. The SMILES string of the molecule is C#CC1(NC(=O)OC(C)(C)C)CC1.CC(C)(C)OC(=O)NC1(/C=C/B2OC(C)(C)C(C)(C)O2)CC1. The van der Waals surface area contributed by atoms with Crippen LogP contribution in [0, 0.1) is 12.3 Å². The van der Waals surface area contributed by atoms with E-state index in [4.69, 9.17) is 25.2 Å². The highest BCUT2D eigenvalue weighted by atomic mass is 16.7. The van der Waals surface area contributed by atoms with Crippen LogP contribution in [0.25, 0.3) is 0 Å². The first-order valence-corrected chi connectivity index (χ1v) is 12.3. The normalized spacial score (nSPS) is 22.8. The minimum absolute atomic E-state index is 0.314. The second kappa shape index (κ2) is 9.70. The highest BCUT2D eigenvalue weighted by Crippen LogP contribution is 2.40. The van der Waals surface area contributed by atoms with Gasteiger partial charge in [-0.1, -0.05) is 18.0 Å². The van der Waals surface area contributed by atoms with Gasteiger partial charge in [-0.05, 0) is 94.9 Å². The minimum Gasteiger partial charge on any atom is -0.444 e. The molecular weight excluding hydrogens is 447 g/mol. The topological polar surface area (TPSA) is 95.1 Å². The lowest BCUT2D eigenvalue weighted by Crippen LogP contribution is -2.41. The maximum atomic E-state index is 11.9. The van der Waals surface area contributed by atoms with Crippen molar-refractivity contribution in [2.75, 3.05) is 0 Å². The Bertz CT molecular complexity index is 852. The Morgan fingerprint density at radius 1 is 0.857 bits per heavy atom. The summed E-state index contributed by atoms with van der Waals surface area (Å²) in [7, 11) is -0.386. The van der Waals surface area contributed by atoms with Crippen LogP contribution in [0.4, 0.5) is 9.59 Å². The summed E-state index contributed by atoms with van der Waals surface area (Å²) >= 11 is 0. The molecule has 2 amide bonds. The summed E-state index contributed by atoms with van der Waals surface area (Å²) in [5, 5.41) is 5.61. The fourth-order valence-corrected chi connectivity index (χ4v) is 3.13. The van der Waals surface area contributed by atoms with E-state index in [-0.39, 0.29) is 30.0 Å². The minimum atomic E-state index is -0.490. The molecule has 2 saturated carbocycles. The number of carbonyl (C=O) groups is 2. The van der Waals surface area contributed by atoms with Gasteiger partial charge < -0.3 is 29.4 Å². The summed E-state index contributed by atoms with van der Waals surface area (Å²) in [6.07, 6.45) is 9.93. The van der Waals surface area contributed by atoms with E-state index >= 15 is 0 Å². The van der Waals surface area contributed by atoms with Crippen LogP contribution in [-0.2, 0) is 18.8 Å². The molecule has 0 aromatic heterocycles. The Labute approximate surface area is 211 Å². The van der Waals surface area contributed by atoms with Crippen LogP contribution in [-0.4, -0.2) is 52.8 Å². The molecule has 0 aromatic carbocycles. The maximum Gasteiger partial charge on any atom is 0.486 e. The first-order valence-electron chi connectivity index (χ1n) is 12.3. The highest BCUT2D eigenvalue weighted by Gasteiger charge is 2.51. The first kappa shape index (κ1) is 29.1. The van der Waals surface area contributed by atoms with Gasteiger partial charge >= 0.3 is 19.3 Å². The average Bonchev–Trinajstić information content (AvgIpc) is 3.53. The number of hydrogen-bond donors (Lipinski definition) is 2. The van der Waals surface area contributed by atoms with Crippen molar-refractivity contribution in [1.82, 2.24) is 10.6 Å². The van der Waals surface area contributed by atoms with Gasteiger partial charge in [-0.15, -0.1) is 6.42 Å². The fourth-order valence-electron chi connectivity index (χ4n) is 3.13. The van der Waals surface area contributed by atoms with Crippen molar-refractivity contribution >= 4 is 19.3 Å². The molecule has 3 aliphatic rings. The number of hydrogen-bond acceptors (Lipinski definition) is 6. The third kappa shape index (κ3) is 9.08. The second-order valence-corrected chi connectivity index (χ2v) is 12.6. The molecule has 3 rings (SSSR count).